The van der Waals surface area contributed by atoms with Gasteiger partial charge in [0, 0.05) is 6.54 Å². The van der Waals surface area contributed by atoms with E-state index in [0.29, 0.717) is 13.0 Å². The second-order valence-corrected chi connectivity index (χ2v) is 7.18. The highest BCUT2D eigenvalue weighted by atomic mass is 16.7. The van der Waals surface area contributed by atoms with Crippen LogP contribution in [-0.2, 0) is 14.2 Å². The molecule has 3 atom stereocenters. The van der Waals surface area contributed by atoms with Gasteiger partial charge in [0.05, 0.1) is 12.7 Å². The lowest BCUT2D eigenvalue weighted by Crippen LogP contribution is -2.34. The molecule has 2 N–H and O–H groups in total. The van der Waals surface area contributed by atoms with E-state index in [2.05, 4.69) is 12.2 Å². The lowest BCUT2D eigenvalue weighted by molar-refractivity contribution is -0.0710. The van der Waals surface area contributed by atoms with Gasteiger partial charge in [-0.1, -0.05) is 65.2 Å². The number of unbranched alkanes of at least 4 members (excludes halogenated alkanes) is 8. The predicted molar refractivity (Wildman–Crippen MR) is 102 cm³/mol. The number of hydrogen-bond donors (Lipinski definition) is 2. The Morgan fingerprint density at radius 2 is 1.77 bits per heavy atom. The summed E-state index contributed by atoms with van der Waals surface area (Å²) in [5.74, 6) is 0. The summed E-state index contributed by atoms with van der Waals surface area (Å²) in [4.78, 5) is 11.5. The Hall–Kier alpha value is -0.850. The third kappa shape index (κ3) is 11.7. The minimum absolute atomic E-state index is 0.168. The Labute approximate surface area is 159 Å². The summed E-state index contributed by atoms with van der Waals surface area (Å²) in [7, 11) is 0. The smallest absolute Gasteiger partial charge is 0.407 e. The van der Waals surface area contributed by atoms with Crippen molar-refractivity contribution in [2.45, 2.75) is 103 Å². The molecular formula is C20H39NO5. The summed E-state index contributed by atoms with van der Waals surface area (Å²) in [5.41, 5.74) is 0. The fraction of sp³-hybridized carbons (Fsp3) is 0.950. The molecule has 0 aromatic heterocycles. The molecule has 6 heteroatoms. The van der Waals surface area contributed by atoms with Gasteiger partial charge in [-0.3, -0.25) is 0 Å². The predicted octanol–water partition coefficient (Wildman–Crippen LogP) is 4.15. The second kappa shape index (κ2) is 15.2. The van der Waals surface area contributed by atoms with E-state index in [1.165, 1.54) is 51.4 Å². The van der Waals surface area contributed by atoms with Gasteiger partial charge < -0.3 is 24.6 Å². The Morgan fingerprint density at radius 3 is 2.42 bits per heavy atom. The molecule has 0 saturated carbocycles. The quantitative estimate of drug-likeness (QED) is 0.422. The maximum atomic E-state index is 11.5. The topological polar surface area (TPSA) is 77.0 Å². The van der Waals surface area contributed by atoms with Crippen molar-refractivity contribution in [1.82, 2.24) is 5.32 Å². The van der Waals surface area contributed by atoms with E-state index in [1.54, 1.807) is 0 Å². The molecule has 1 saturated heterocycles. The average Bonchev–Trinajstić information content (AvgIpc) is 3.10. The van der Waals surface area contributed by atoms with Crippen molar-refractivity contribution in [3.8, 4) is 0 Å². The van der Waals surface area contributed by atoms with E-state index in [-0.39, 0.29) is 25.5 Å². The SMILES string of the molecule is CCCCCCCCCCCC1OCC(COC(=O)NCC(O)CC)O1. The third-order valence-electron chi connectivity index (χ3n) is 4.71. The highest BCUT2D eigenvalue weighted by molar-refractivity contribution is 5.67. The first-order valence-electron chi connectivity index (χ1n) is 10.5. The van der Waals surface area contributed by atoms with Crippen molar-refractivity contribution in [1.29, 1.82) is 0 Å². The molecule has 1 amide bonds. The van der Waals surface area contributed by atoms with Crippen LogP contribution >= 0.6 is 0 Å². The number of rotatable bonds is 15. The van der Waals surface area contributed by atoms with Crippen molar-refractivity contribution < 1.29 is 24.1 Å². The fourth-order valence-electron chi connectivity index (χ4n) is 2.93. The van der Waals surface area contributed by atoms with Gasteiger partial charge >= 0.3 is 6.09 Å². The molecule has 0 aromatic carbocycles. The van der Waals surface area contributed by atoms with Crippen molar-refractivity contribution in [2.75, 3.05) is 19.8 Å². The summed E-state index contributed by atoms with van der Waals surface area (Å²) >= 11 is 0. The minimum atomic E-state index is -0.533. The van der Waals surface area contributed by atoms with E-state index in [4.69, 9.17) is 14.2 Å². The number of ether oxygens (including phenoxy) is 3. The molecule has 0 bridgehead atoms. The van der Waals surface area contributed by atoms with Crippen LogP contribution in [0.5, 0.6) is 0 Å². The van der Waals surface area contributed by atoms with Gasteiger partial charge in [-0.15, -0.1) is 0 Å². The van der Waals surface area contributed by atoms with Gasteiger partial charge in [-0.2, -0.15) is 0 Å². The van der Waals surface area contributed by atoms with E-state index in [9.17, 15) is 9.90 Å². The van der Waals surface area contributed by atoms with Crippen LogP contribution in [0, 0.1) is 0 Å². The number of hydrogen-bond acceptors (Lipinski definition) is 5. The lowest BCUT2D eigenvalue weighted by Gasteiger charge is -2.13. The van der Waals surface area contributed by atoms with Crippen molar-refractivity contribution in [3.05, 3.63) is 0 Å². The van der Waals surface area contributed by atoms with Crippen LogP contribution in [0.3, 0.4) is 0 Å². The van der Waals surface area contributed by atoms with Gasteiger partial charge in [0.2, 0.25) is 0 Å². The molecule has 1 fully saturated rings. The Balaban J connectivity index is 1.94. The molecule has 0 aliphatic carbocycles. The molecule has 1 aliphatic heterocycles. The summed E-state index contributed by atoms with van der Waals surface area (Å²) < 4.78 is 16.5. The molecule has 6 nitrogen and oxygen atoms in total. The van der Waals surface area contributed by atoms with Gasteiger partial charge in [-0.05, 0) is 19.3 Å². The zero-order valence-corrected chi connectivity index (χ0v) is 16.7. The number of amides is 1. The number of carbonyl (C=O) groups excluding carboxylic acids is 1. The van der Waals surface area contributed by atoms with Crippen LogP contribution in [0.2, 0.25) is 0 Å². The van der Waals surface area contributed by atoms with Gasteiger partial charge in [0.15, 0.2) is 6.29 Å². The van der Waals surface area contributed by atoms with E-state index in [0.717, 1.165) is 12.8 Å². The highest BCUT2D eigenvalue weighted by Gasteiger charge is 2.26. The monoisotopic (exact) mass is 373 g/mol. The molecule has 0 radical (unpaired) electrons. The average molecular weight is 374 g/mol. The van der Waals surface area contributed by atoms with Gasteiger partial charge in [0.1, 0.15) is 12.7 Å². The largest absolute Gasteiger partial charge is 0.447 e. The minimum Gasteiger partial charge on any atom is -0.447 e. The first-order valence-corrected chi connectivity index (χ1v) is 10.5. The Bertz CT molecular complexity index is 353. The molecule has 1 rings (SSSR count). The number of aliphatic hydroxyl groups is 1. The molecule has 0 aromatic rings. The fourth-order valence-corrected chi connectivity index (χ4v) is 2.93. The third-order valence-corrected chi connectivity index (χ3v) is 4.71. The van der Waals surface area contributed by atoms with Crippen LogP contribution in [0.1, 0.15) is 84.5 Å². The molecule has 26 heavy (non-hydrogen) atoms. The van der Waals surface area contributed by atoms with Gasteiger partial charge in [0.25, 0.3) is 0 Å². The number of nitrogens with one attached hydrogen (secondary N) is 1. The Morgan fingerprint density at radius 1 is 1.12 bits per heavy atom. The number of alkyl carbamates (subject to hydrolysis) is 1. The molecule has 0 spiro atoms. The number of carbonyl (C=O) groups is 1. The van der Waals surface area contributed by atoms with Crippen LogP contribution < -0.4 is 5.32 Å². The van der Waals surface area contributed by atoms with E-state index in [1.807, 2.05) is 6.92 Å². The molecular weight excluding hydrogens is 334 g/mol. The van der Waals surface area contributed by atoms with E-state index >= 15 is 0 Å². The van der Waals surface area contributed by atoms with Crippen molar-refractivity contribution in [3.63, 3.8) is 0 Å². The number of aliphatic hydroxyl groups excluding tert-OH is 1. The first-order chi connectivity index (χ1) is 12.7. The lowest BCUT2D eigenvalue weighted by atomic mass is 10.1. The zero-order valence-electron chi connectivity index (χ0n) is 16.7. The van der Waals surface area contributed by atoms with Crippen molar-refractivity contribution >= 4 is 6.09 Å². The maximum Gasteiger partial charge on any atom is 0.407 e. The summed E-state index contributed by atoms with van der Waals surface area (Å²) in [6, 6.07) is 0. The van der Waals surface area contributed by atoms with Crippen molar-refractivity contribution in [2.24, 2.45) is 0 Å². The molecule has 154 valence electrons. The molecule has 1 heterocycles. The summed E-state index contributed by atoms with van der Waals surface area (Å²) in [6.07, 6.45) is 11.8. The Kier molecular flexibility index (Phi) is 13.6. The van der Waals surface area contributed by atoms with Crippen LogP contribution in [0.15, 0.2) is 0 Å². The zero-order chi connectivity index (χ0) is 19.0. The van der Waals surface area contributed by atoms with E-state index < -0.39 is 12.2 Å². The highest BCUT2D eigenvalue weighted by Crippen LogP contribution is 2.18. The maximum absolute atomic E-state index is 11.5. The molecule has 1 aliphatic rings. The first kappa shape index (κ1) is 23.2. The second-order valence-electron chi connectivity index (χ2n) is 7.18. The van der Waals surface area contributed by atoms with Gasteiger partial charge in [-0.25, -0.2) is 4.79 Å². The van der Waals surface area contributed by atoms with Crippen LogP contribution in [0.25, 0.3) is 0 Å². The molecule has 3 unspecified atom stereocenters. The standard InChI is InChI=1S/C20H39NO5/c1-3-5-6-7-8-9-10-11-12-13-19-24-15-18(26-19)16-25-20(23)21-14-17(22)4-2/h17-19,22H,3-16H2,1-2H3,(H,21,23). The van der Waals surface area contributed by atoms with Crippen LogP contribution in [0.4, 0.5) is 4.79 Å². The van der Waals surface area contributed by atoms with Crippen LogP contribution in [-0.4, -0.2) is 49.5 Å². The normalized spacial score (nSPS) is 20.9. The summed E-state index contributed by atoms with van der Waals surface area (Å²) in [6.45, 7) is 4.96. The summed E-state index contributed by atoms with van der Waals surface area (Å²) in [5, 5.41) is 11.9.